The molecule has 2 amide bonds. The summed E-state index contributed by atoms with van der Waals surface area (Å²) in [5.41, 5.74) is 0.278. The monoisotopic (exact) mass is 444 g/mol. The number of halogens is 1. The van der Waals surface area contributed by atoms with Crippen molar-refractivity contribution in [2.45, 2.75) is 37.8 Å². The van der Waals surface area contributed by atoms with Gasteiger partial charge in [-0.1, -0.05) is 43.7 Å². The lowest BCUT2D eigenvalue weighted by atomic mass is 9.84. The van der Waals surface area contributed by atoms with Crippen LogP contribution in [0.1, 0.15) is 30.9 Å². The number of hydrogen-bond acceptors (Lipinski definition) is 4. The van der Waals surface area contributed by atoms with E-state index in [2.05, 4.69) is 5.32 Å². The van der Waals surface area contributed by atoms with Gasteiger partial charge >= 0.3 is 6.09 Å². The van der Waals surface area contributed by atoms with E-state index in [0.29, 0.717) is 17.9 Å². The lowest BCUT2D eigenvalue weighted by Gasteiger charge is -2.50. The summed E-state index contributed by atoms with van der Waals surface area (Å²) >= 11 is 0. The SMILES string of the molecule is CCCCOC1(c2ccccc2F)CN(C(=O)[C@@H](Cc2ccc(OC)cc2)NC(=O)O)C1. The van der Waals surface area contributed by atoms with Crippen molar-refractivity contribution in [1.82, 2.24) is 10.2 Å². The Kier molecular flexibility index (Phi) is 7.69. The first-order valence-corrected chi connectivity index (χ1v) is 10.7. The van der Waals surface area contributed by atoms with E-state index in [0.717, 1.165) is 18.4 Å². The van der Waals surface area contributed by atoms with Crippen LogP contribution in [0.25, 0.3) is 0 Å². The molecule has 0 saturated carbocycles. The molecule has 0 spiro atoms. The van der Waals surface area contributed by atoms with Crippen LogP contribution in [0.3, 0.4) is 0 Å². The van der Waals surface area contributed by atoms with Crippen LogP contribution < -0.4 is 10.1 Å². The van der Waals surface area contributed by atoms with E-state index in [4.69, 9.17) is 9.47 Å². The summed E-state index contributed by atoms with van der Waals surface area (Å²) in [6.07, 6.45) is 0.666. The molecule has 2 aromatic rings. The number of nitrogens with zero attached hydrogens (tertiary/aromatic N) is 1. The third kappa shape index (κ3) is 5.37. The number of carbonyl (C=O) groups is 2. The third-order valence-corrected chi connectivity index (χ3v) is 5.64. The highest BCUT2D eigenvalue weighted by atomic mass is 19.1. The van der Waals surface area contributed by atoms with Crippen molar-refractivity contribution in [2.75, 3.05) is 26.8 Å². The molecule has 1 heterocycles. The number of nitrogens with one attached hydrogen (secondary N) is 1. The molecule has 32 heavy (non-hydrogen) atoms. The fourth-order valence-electron chi connectivity index (χ4n) is 3.87. The van der Waals surface area contributed by atoms with Crippen molar-refractivity contribution in [3.63, 3.8) is 0 Å². The highest BCUT2D eigenvalue weighted by Crippen LogP contribution is 2.38. The predicted molar refractivity (Wildman–Crippen MR) is 117 cm³/mol. The molecule has 0 aromatic heterocycles. The van der Waals surface area contributed by atoms with Gasteiger partial charge in [-0.3, -0.25) is 4.79 Å². The van der Waals surface area contributed by atoms with Crippen molar-refractivity contribution < 1.29 is 28.6 Å². The number of methoxy groups -OCH3 is 1. The van der Waals surface area contributed by atoms with Crippen molar-refractivity contribution in [1.29, 1.82) is 0 Å². The Morgan fingerprint density at radius 3 is 2.47 bits per heavy atom. The van der Waals surface area contributed by atoms with E-state index in [1.165, 1.54) is 11.0 Å². The number of ether oxygens (including phenoxy) is 2. The van der Waals surface area contributed by atoms with Crippen molar-refractivity contribution >= 4 is 12.0 Å². The second kappa shape index (κ2) is 10.5. The zero-order chi connectivity index (χ0) is 23.1. The molecular formula is C24H29FN2O5. The molecular weight excluding hydrogens is 415 g/mol. The molecule has 2 N–H and O–H groups in total. The number of carboxylic acid groups (broad SMARTS) is 1. The average molecular weight is 445 g/mol. The van der Waals surface area contributed by atoms with E-state index in [1.807, 2.05) is 6.92 Å². The summed E-state index contributed by atoms with van der Waals surface area (Å²) < 4.78 is 25.7. The number of likely N-dealkylation sites (tertiary alicyclic amines) is 1. The first-order valence-electron chi connectivity index (χ1n) is 10.7. The Labute approximate surface area is 187 Å². The number of benzene rings is 2. The van der Waals surface area contributed by atoms with Gasteiger partial charge in [0.25, 0.3) is 0 Å². The topological polar surface area (TPSA) is 88.1 Å². The van der Waals surface area contributed by atoms with Crippen LogP contribution in [0.4, 0.5) is 9.18 Å². The largest absolute Gasteiger partial charge is 0.497 e. The number of unbranched alkanes of at least 4 members (excludes halogenated alkanes) is 1. The highest BCUT2D eigenvalue weighted by Gasteiger charge is 2.50. The molecule has 1 fully saturated rings. The lowest BCUT2D eigenvalue weighted by Crippen LogP contribution is -2.66. The van der Waals surface area contributed by atoms with Gasteiger partial charge in [0.1, 0.15) is 23.2 Å². The lowest BCUT2D eigenvalue weighted by molar-refractivity contribution is -0.175. The van der Waals surface area contributed by atoms with Crippen molar-refractivity contribution in [3.05, 3.63) is 65.5 Å². The Morgan fingerprint density at radius 1 is 1.19 bits per heavy atom. The molecule has 1 atom stereocenters. The molecule has 0 bridgehead atoms. The van der Waals surface area contributed by atoms with E-state index >= 15 is 0 Å². The fourth-order valence-corrected chi connectivity index (χ4v) is 3.87. The summed E-state index contributed by atoms with van der Waals surface area (Å²) in [6, 6.07) is 12.5. The molecule has 8 heteroatoms. The van der Waals surface area contributed by atoms with Gasteiger partial charge in [0, 0.05) is 18.6 Å². The molecule has 1 saturated heterocycles. The third-order valence-electron chi connectivity index (χ3n) is 5.64. The Hall–Kier alpha value is -3.13. The van der Waals surface area contributed by atoms with Gasteiger partial charge in [-0.15, -0.1) is 0 Å². The second-order valence-corrected chi connectivity index (χ2v) is 7.92. The smallest absolute Gasteiger partial charge is 0.405 e. The second-order valence-electron chi connectivity index (χ2n) is 7.92. The summed E-state index contributed by atoms with van der Waals surface area (Å²) in [5.74, 6) is -0.0757. The van der Waals surface area contributed by atoms with Crippen LogP contribution in [0.15, 0.2) is 48.5 Å². The normalized spacial score (nSPS) is 15.5. The molecule has 7 nitrogen and oxygen atoms in total. The van der Waals surface area contributed by atoms with Crippen LogP contribution in [-0.2, 0) is 21.6 Å². The van der Waals surface area contributed by atoms with Gasteiger partial charge in [0.2, 0.25) is 5.91 Å². The first-order chi connectivity index (χ1) is 15.4. The van der Waals surface area contributed by atoms with Gasteiger partial charge in [0.05, 0.1) is 20.2 Å². The van der Waals surface area contributed by atoms with Crippen LogP contribution in [0, 0.1) is 5.82 Å². The fraction of sp³-hybridized carbons (Fsp3) is 0.417. The molecule has 3 rings (SSSR count). The van der Waals surface area contributed by atoms with E-state index < -0.39 is 17.7 Å². The minimum atomic E-state index is -1.28. The molecule has 0 unspecified atom stereocenters. The number of amides is 2. The van der Waals surface area contributed by atoms with Crippen molar-refractivity contribution in [3.8, 4) is 5.75 Å². The zero-order valence-corrected chi connectivity index (χ0v) is 18.3. The van der Waals surface area contributed by atoms with Gasteiger partial charge in [0.15, 0.2) is 0 Å². The predicted octanol–water partition coefficient (Wildman–Crippen LogP) is 3.57. The van der Waals surface area contributed by atoms with Crippen LogP contribution in [0.2, 0.25) is 0 Å². The van der Waals surface area contributed by atoms with Gasteiger partial charge < -0.3 is 24.8 Å². The Balaban J connectivity index is 1.75. The number of carbonyl (C=O) groups excluding carboxylic acids is 1. The van der Waals surface area contributed by atoms with Gasteiger partial charge in [-0.25, -0.2) is 9.18 Å². The first kappa shape index (κ1) is 23.5. The summed E-state index contributed by atoms with van der Waals surface area (Å²) in [6.45, 7) is 2.82. The molecule has 2 aromatic carbocycles. The molecule has 0 aliphatic carbocycles. The quantitative estimate of drug-likeness (QED) is 0.547. The van der Waals surface area contributed by atoms with Gasteiger partial charge in [-0.2, -0.15) is 0 Å². The minimum absolute atomic E-state index is 0.164. The summed E-state index contributed by atoms with van der Waals surface area (Å²) in [5, 5.41) is 11.6. The van der Waals surface area contributed by atoms with E-state index in [-0.39, 0.29) is 31.2 Å². The van der Waals surface area contributed by atoms with E-state index in [9.17, 15) is 19.1 Å². The van der Waals surface area contributed by atoms with Crippen LogP contribution in [0.5, 0.6) is 5.75 Å². The summed E-state index contributed by atoms with van der Waals surface area (Å²) in [4.78, 5) is 26.0. The number of rotatable bonds is 10. The average Bonchev–Trinajstić information content (AvgIpc) is 2.75. The zero-order valence-electron chi connectivity index (χ0n) is 18.3. The highest BCUT2D eigenvalue weighted by molar-refractivity contribution is 5.86. The van der Waals surface area contributed by atoms with Gasteiger partial charge in [-0.05, 0) is 30.2 Å². The maximum absolute atomic E-state index is 14.5. The minimum Gasteiger partial charge on any atom is -0.497 e. The maximum Gasteiger partial charge on any atom is 0.405 e. The van der Waals surface area contributed by atoms with Crippen LogP contribution >= 0.6 is 0 Å². The maximum atomic E-state index is 14.5. The van der Waals surface area contributed by atoms with Crippen molar-refractivity contribution in [2.24, 2.45) is 0 Å². The molecule has 1 aliphatic heterocycles. The molecule has 0 radical (unpaired) electrons. The Morgan fingerprint density at radius 2 is 1.88 bits per heavy atom. The van der Waals surface area contributed by atoms with Crippen LogP contribution in [-0.4, -0.2) is 54.9 Å². The molecule has 172 valence electrons. The van der Waals surface area contributed by atoms with E-state index in [1.54, 1.807) is 49.6 Å². The summed E-state index contributed by atoms with van der Waals surface area (Å²) in [7, 11) is 1.56. The molecule has 1 aliphatic rings. The Bertz CT molecular complexity index is 928. The number of hydrogen-bond donors (Lipinski definition) is 2. The standard InChI is InChI=1S/C24H29FN2O5/c1-3-4-13-32-24(19-7-5-6-8-20(19)25)15-27(16-24)22(28)21(26-23(29)30)14-17-9-11-18(31-2)12-10-17/h5-12,21,26H,3-4,13-16H2,1-2H3,(H,29,30)/t21-/m1/s1.